The first-order valence-electron chi connectivity index (χ1n) is 12.1. The first-order valence-corrected chi connectivity index (χ1v) is 14.4. The molecule has 3 N–H and O–H groups in total. The highest BCUT2D eigenvalue weighted by Crippen LogP contribution is 2.27. The number of carbonyl (C=O) groups excluding carboxylic acids is 2. The van der Waals surface area contributed by atoms with Crippen LogP contribution in [0, 0.1) is 0 Å². The molecule has 2 heterocycles. The molecular weight excluding hydrogens is 587 g/mol. The summed E-state index contributed by atoms with van der Waals surface area (Å²) in [5, 5.41) is 4.67. The van der Waals surface area contributed by atoms with Gasteiger partial charge in [0, 0.05) is 44.1 Å². The van der Waals surface area contributed by atoms with Crippen LogP contribution in [0.15, 0.2) is 54.2 Å². The Kier molecular flexibility index (Phi) is 10.6. The largest absolute Gasteiger partial charge is 0.453 e. The molecule has 0 saturated carbocycles. The Hall–Kier alpha value is -3.76. The number of aromatic nitrogens is 2. The van der Waals surface area contributed by atoms with E-state index in [0.717, 1.165) is 21.8 Å². The zero-order valence-electron chi connectivity index (χ0n) is 22.0. The van der Waals surface area contributed by atoms with Crippen LogP contribution in [-0.2, 0) is 39.1 Å². The number of thiazole rings is 1. The summed E-state index contributed by atoms with van der Waals surface area (Å²) >= 11 is 1.03. The molecule has 0 aliphatic carbocycles. The third-order valence-corrected chi connectivity index (χ3v) is 7.34. The molecule has 1 aromatic carbocycles. The molecule has 0 bridgehead atoms. The minimum absolute atomic E-state index is 0.0945. The molecule has 2 atom stereocenters. The van der Waals surface area contributed by atoms with E-state index >= 15 is 0 Å². The molecule has 0 spiro atoms. The van der Waals surface area contributed by atoms with Gasteiger partial charge in [-0.2, -0.15) is 21.6 Å². The van der Waals surface area contributed by atoms with Gasteiger partial charge in [-0.3, -0.25) is 24.0 Å². The zero-order chi connectivity index (χ0) is 30.2. The van der Waals surface area contributed by atoms with Crippen LogP contribution in [0.2, 0.25) is 0 Å². The van der Waals surface area contributed by atoms with Crippen molar-refractivity contribution in [2.45, 2.75) is 43.9 Å². The van der Waals surface area contributed by atoms with Gasteiger partial charge in [-0.15, -0.1) is 11.3 Å². The maximum atomic E-state index is 13.6. The van der Waals surface area contributed by atoms with E-state index in [4.69, 9.17) is 9.29 Å². The molecule has 0 unspecified atom stereocenters. The summed E-state index contributed by atoms with van der Waals surface area (Å²) in [6, 6.07) is 7.46. The van der Waals surface area contributed by atoms with Gasteiger partial charge in [0.1, 0.15) is 6.04 Å². The first kappa shape index (κ1) is 31.8. The third-order valence-electron chi connectivity index (χ3n) is 5.92. The van der Waals surface area contributed by atoms with Crippen molar-refractivity contribution in [1.82, 2.24) is 20.2 Å². The number of nitrogens with one attached hydrogen (secondary N) is 2. The van der Waals surface area contributed by atoms with E-state index in [0.29, 0.717) is 11.3 Å². The Morgan fingerprint density at radius 2 is 1.73 bits per heavy atom. The first-order chi connectivity index (χ1) is 19.2. The average molecular weight is 616 g/mol. The summed E-state index contributed by atoms with van der Waals surface area (Å²) in [5.74, 6) is -0.561. The number of amides is 2. The molecule has 16 heteroatoms. The number of rotatable bonds is 12. The van der Waals surface area contributed by atoms with Gasteiger partial charge in [0.15, 0.2) is 0 Å². The van der Waals surface area contributed by atoms with Crippen molar-refractivity contribution >= 4 is 39.3 Å². The van der Waals surface area contributed by atoms with Crippen molar-refractivity contribution < 1.29 is 40.5 Å². The van der Waals surface area contributed by atoms with E-state index in [1.54, 1.807) is 42.0 Å². The molecule has 2 amide bonds. The lowest BCUT2D eigenvalue weighted by Crippen LogP contribution is -2.50. The van der Waals surface area contributed by atoms with Gasteiger partial charge in [0.05, 0.1) is 29.5 Å². The molecule has 11 nitrogen and oxygen atoms in total. The SMILES string of the molecule is COC(=O)N(C)[C@@H](Cc1ccncc1)C(=O)N[C@@H](Cc1ccc(NS(=O)(=O)O)cc1)c1csc(CCC(F)(F)F)n1. The Balaban J connectivity index is 1.89. The van der Waals surface area contributed by atoms with E-state index in [-0.39, 0.29) is 30.0 Å². The van der Waals surface area contributed by atoms with E-state index in [2.05, 4.69) is 15.3 Å². The van der Waals surface area contributed by atoms with E-state index in [1.165, 1.54) is 26.3 Å². The second-order valence-electron chi connectivity index (χ2n) is 8.98. The number of carbonyl (C=O) groups is 2. The average Bonchev–Trinajstić information content (AvgIpc) is 3.39. The predicted octanol–water partition coefficient (Wildman–Crippen LogP) is 3.96. The number of anilines is 1. The van der Waals surface area contributed by atoms with E-state index in [9.17, 15) is 31.2 Å². The molecule has 41 heavy (non-hydrogen) atoms. The quantitative estimate of drug-likeness (QED) is 0.259. The molecule has 2 aromatic heterocycles. The fourth-order valence-electron chi connectivity index (χ4n) is 3.86. The number of aryl methyl sites for hydroxylation is 1. The summed E-state index contributed by atoms with van der Waals surface area (Å²) in [5.41, 5.74) is 1.76. The van der Waals surface area contributed by atoms with Crippen LogP contribution in [-0.4, -0.2) is 66.2 Å². The molecule has 0 aliphatic rings. The molecule has 222 valence electrons. The number of hydrogen-bond donors (Lipinski definition) is 3. The van der Waals surface area contributed by atoms with Gasteiger partial charge in [-0.25, -0.2) is 9.78 Å². The Morgan fingerprint density at radius 3 is 2.32 bits per heavy atom. The predicted molar refractivity (Wildman–Crippen MR) is 145 cm³/mol. The lowest BCUT2D eigenvalue weighted by molar-refractivity contribution is -0.134. The maximum absolute atomic E-state index is 13.6. The summed E-state index contributed by atoms with van der Waals surface area (Å²) in [4.78, 5) is 35.4. The monoisotopic (exact) mass is 615 g/mol. The van der Waals surface area contributed by atoms with Crippen LogP contribution in [0.3, 0.4) is 0 Å². The number of ether oxygens (including phenoxy) is 1. The molecule has 0 aliphatic heterocycles. The maximum Gasteiger partial charge on any atom is 0.409 e. The highest BCUT2D eigenvalue weighted by atomic mass is 32.2. The van der Waals surface area contributed by atoms with Crippen molar-refractivity contribution in [2.75, 3.05) is 18.9 Å². The van der Waals surface area contributed by atoms with Crippen LogP contribution in [0.4, 0.5) is 23.7 Å². The van der Waals surface area contributed by atoms with Crippen molar-refractivity contribution in [3.63, 3.8) is 0 Å². The molecule has 0 radical (unpaired) electrons. The van der Waals surface area contributed by atoms with Crippen LogP contribution in [0.25, 0.3) is 0 Å². The fraction of sp³-hybridized carbons (Fsp3) is 0.360. The van der Waals surface area contributed by atoms with Crippen LogP contribution in [0.5, 0.6) is 0 Å². The van der Waals surface area contributed by atoms with Gasteiger partial charge in [0.25, 0.3) is 0 Å². The summed E-state index contributed by atoms with van der Waals surface area (Å²) in [6.45, 7) is 0. The van der Waals surface area contributed by atoms with Gasteiger partial charge in [0.2, 0.25) is 5.91 Å². The highest BCUT2D eigenvalue weighted by Gasteiger charge is 2.31. The van der Waals surface area contributed by atoms with Crippen LogP contribution < -0.4 is 10.0 Å². The van der Waals surface area contributed by atoms with E-state index in [1.807, 2.05) is 4.72 Å². The normalized spacial score (nSPS) is 13.2. The topological polar surface area (TPSA) is 151 Å². The number of halogens is 3. The second kappa shape index (κ2) is 13.7. The standard InChI is InChI=1S/C25H28F3N5O6S2/c1-33(24(35)39-2)21(14-17-8-11-29-12-9-17)23(34)31-19(20-15-40-22(30-20)7-10-25(26,27)28)13-16-3-5-18(6-4-16)32-41(36,37)38/h3-6,8-9,11-12,15,19,21,32H,7,10,13-14H2,1-2H3,(H,31,34)(H,36,37,38)/t19-,21-/m0/s1. The summed E-state index contributed by atoms with van der Waals surface area (Å²) in [6.07, 6.45) is -3.12. The molecule has 0 saturated heterocycles. The number of methoxy groups -OCH3 is 1. The minimum Gasteiger partial charge on any atom is -0.453 e. The molecular formula is C25H28F3N5O6S2. The number of likely N-dealkylation sites (N-methyl/N-ethyl adjacent to an activating group) is 1. The Labute approximate surface area is 238 Å². The van der Waals surface area contributed by atoms with Gasteiger partial charge in [-0.05, 0) is 41.8 Å². The molecule has 0 fully saturated rings. The zero-order valence-corrected chi connectivity index (χ0v) is 23.6. The fourth-order valence-corrected chi connectivity index (χ4v) is 5.14. The minimum atomic E-state index is -4.48. The van der Waals surface area contributed by atoms with Gasteiger partial charge in [-0.1, -0.05) is 12.1 Å². The lowest BCUT2D eigenvalue weighted by atomic mass is 10.0. The van der Waals surface area contributed by atoms with Crippen molar-refractivity contribution in [2.24, 2.45) is 0 Å². The third kappa shape index (κ3) is 10.3. The van der Waals surface area contributed by atoms with Crippen molar-refractivity contribution in [3.05, 3.63) is 76.0 Å². The van der Waals surface area contributed by atoms with Gasteiger partial charge >= 0.3 is 22.6 Å². The number of nitrogens with zero attached hydrogens (tertiary/aromatic N) is 3. The number of hydrogen-bond acceptors (Lipinski definition) is 8. The van der Waals surface area contributed by atoms with Crippen molar-refractivity contribution in [1.29, 1.82) is 0 Å². The highest BCUT2D eigenvalue weighted by molar-refractivity contribution is 7.87. The van der Waals surface area contributed by atoms with Crippen LogP contribution >= 0.6 is 11.3 Å². The van der Waals surface area contributed by atoms with Crippen LogP contribution in [0.1, 0.15) is 34.3 Å². The van der Waals surface area contributed by atoms with E-state index < -0.39 is 47.0 Å². The Morgan fingerprint density at radius 1 is 1.10 bits per heavy atom. The number of pyridine rings is 1. The number of benzene rings is 1. The van der Waals surface area contributed by atoms with Gasteiger partial charge < -0.3 is 10.1 Å². The Bertz CT molecular complexity index is 1420. The lowest BCUT2D eigenvalue weighted by Gasteiger charge is -2.28. The summed E-state index contributed by atoms with van der Waals surface area (Å²) < 4.78 is 76.1. The molecule has 3 aromatic rings. The second-order valence-corrected chi connectivity index (χ2v) is 11.1. The summed E-state index contributed by atoms with van der Waals surface area (Å²) in [7, 11) is -1.89. The molecule has 3 rings (SSSR count). The smallest absolute Gasteiger partial charge is 0.409 e. The number of alkyl halides is 3. The van der Waals surface area contributed by atoms with Crippen molar-refractivity contribution in [3.8, 4) is 0 Å².